The van der Waals surface area contributed by atoms with E-state index in [1.165, 1.54) is 30.1 Å². The molecule has 1 aliphatic heterocycles. The Labute approximate surface area is 170 Å². The fourth-order valence-corrected chi connectivity index (χ4v) is 3.22. The summed E-state index contributed by atoms with van der Waals surface area (Å²) in [6.07, 6.45) is 2.66. The number of nitrogens with zero attached hydrogens (tertiary/aromatic N) is 2. The molecule has 0 saturated carbocycles. The topological polar surface area (TPSA) is 105 Å². The van der Waals surface area contributed by atoms with Crippen LogP contribution in [0.5, 0.6) is 5.75 Å². The lowest BCUT2D eigenvalue weighted by molar-refractivity contribution is -0.132. The molecule has 0 aliphatic carbocycles. The second-order valence-electron chi connectivity index (χ2n) is 6.51. The van der Waals surface area contributed by atoms with Gasteiger partial charge in [0.05, 0.1) is 13.3 Å². The van der Waals surface area contributed by atoms with Crippen LogP contribution in [0, 0.1) is 5.82 Å². The molecule has 0 bridgehead atoms. The number of allylic oxidation sites excluding steroid dienone is 1. The standard InChI is InChI=1S/C21H17FN4O4/c1-30-13-6-4-5-12(9-13)24-20(27)15-11-23-26-18(14-7-2-3-8-16(14)22)10-17(21(28)29)25-19(15)26/h2-11,18,25H,1H3,(H,24,27)(H,28,29)/t18-/m1/s1. The van der Waals surface area contributed by atoms with E-state index in [2.05, 4.69) is 15.7 Å². The van der Waals surface area contributed by atoms with E-state index in [1.54, 1.807) is 42.5 Å². The lowest BCUT2D eigenvalue weighted by atomic mass is 10.0. The maximum absolute atomic E-state index is 14.4. The number of nitrogens with one attached hydrogen (secondary N) is 2. The number of aromatic nitrogens is 2. The number of ether oxygens (including phenoxy) is 1. The Morgan fingerprint density at radius 2 is 2.03 bits per heavy atom. The fraction of sp³-hybridized carbons (Fsp3) is 0.0952. The average Bonchev–Trinajstić information content (AvgIpc) is 3.18. The van der Waals surface area contributed by atoms with Gasteiger partial charge >= 0.3 is 5.97 Å². The second-order valence-corrected chi connectivity index (χ2v) is 6.51. The van der Waals surface area contributed by atoms with Crippen molar-refractivity contribution in [2.75, 3.05) is 17.7 Å². The van der Waals surface area contributed by atoms with Gasteiger partial charge in [-0.15, -0.1) is 0 Å². The van der Waals surface area contributed by atoms with Gasteiger partial charge in [-0.1, -0.05) is 24.3 Å². The first-order chi connectivity index (χ1) is 14.5. The number of rotatable bonds is 5. The van der Waals surface area contributed by atoms with E-state index in [-0.39, 0.29) is 22.6 Å². The minimum atomic E-state index is -1.23. The molecule has 30 heavy (non-hydrogen) atoms. The van der Waals surface area contributed by atoms with Crippen molar-refractivity contribution in [3.8, 4) is 5.75 Å². The van der Waals surface area contributed by atoms with Crippen LogP contribution in [0.25, 0.3) is 0 Å². The minimum Gasteiger partial charge on any atom is -0.497 e. The van der Waals surface area contributed by atoms with Crippen LogP contribution in [-0.4, -0.2) is 33.9 Å². The Bertz CT molecular complexity index is 1170. The third kappa shape index (κ3) is 3.48. The van der Waals surface area contributed by atoms with Gasteiger partial charge in [-0.05, 0) is 24.3 Å². The van der Waals surface area contributed by atoms with Gasteiger partial charge in [-0.3, -0.25) is 4.79 Å². The molecule has 1 aromatic heterocycles. The van der Waals surface area contributed by atoms with Gasteiger partial charge in [0, 0.05) is 17.3 Å². The van der Waals surface area contributed by atoms with Crippen molar-refractivity contribution >= 4 is 23.4 Å². The van der Waals surface area contributed by atoms with Gasteiger partial charge in [-0.2, -0.15) is 5.10 Å². The zero-order valence-electron chi connectivity index (χ0n) is 15.8. The Hall–Kier alpha value is -4.14. The number of benzene rings is 2. The van der Waals surface area contributed by atoms with E-state index >= 15 is 0 Å². The molecule has 2 aromatic carbocycles. The average molecular weight is 408 g/mol. The van der Waals surface area contributed by atoms with Crippen LogP contribution < -0.4 is 15.4 Å². The monoisotopic (exact) mass is 408 g/mol. The number of methoxy groups -OCH3 is 1. The maximum atomic E-state index is 14.4. The second kappa shape index (κ2) is 7.70. The van der Waals surface area contributed by atoms with E-state index in [4.69, 9.17) is 4.74 Å². The number of carboxylic acid groups (broad SMARTS) is 1. The zero-order chi connectivity index (χ0) is 21.3. The van der Waals surface area contributed by atoms with E-state index < -0.39 is 23.7 Å². The quantitative estimate of drug-likeness (QED) is 0.598. The largest absolute Gasteiger partial charge is 0.497 e. The number of carbonyl (C=O) groups is 2. The number of hydrogen-bond donors (Lipinski definition) is 3. The molecule has 2 heterocycles. The van der Waals surface area contributed by atoms with E-state index in [1.807, 2.05) is 0 Å². The van der Waals surface area contributed by atoms with Crippen molar-refractivity contribution in [3.63, 3.8) is 0 Å². The number of aliphatic carboxylic acids is 1. The molecule has 3 N–H and O–H groups in total. The Morgan fingerprint density at radius 1 is 1.23 bits per heavy atom. The van der Waals surface area contributed by atoms with Gasteiger partial charge in [0.15, 0.2) is 0 Å². The predicted octanol–water partition coefficient (Wildman–Crippen LogP) is 3.27. The summed E-state index contributed by atoms with van der Waals surface area (Å²) in [6.45, 7) is 0. The number of carboxylic acids is 1. The number of carbonyl (C=O) groups excluding carboxylic acids is 1. The van der Waals surface area contributed by atoms with Gasteiger partial charge in [0.2, 0.25) is 0 Å². The van der Waals surface area contributed by atoms with Crippen LogP contribution >= 0.6 is 0 Å². The molecule has 0 spiro atoms. The molecular weight excluding hydrogens is 391 g/mol. The molecular formula is C21H17FN4O4. The van der Waals surface area contributed by atoms with E-state index in [9.17, 15) is 19.1 Å². The molecule has 4 rings (SSSR count). The summed E-state index contributed by atoms with van der Waals surface area (Å²) in [5, 5.41) is 19.1. The van der Waals surface area contributed by atoms with Crippen molar-refractivity contribution in [1.29, 1.82) is 0 Å². The predicted molar refractivity (Wildman–Crippen MR) is 107 cm³/mol. The highest BCUT2D eigenvalue weighted by Gasteiger charge is 2.30. The summed E-state index contributed by atoms with van der Waals surface area (Å²) in [6, 6.07) is 12.0. The highest BCUT2D eigenvalue weighted by Crippen LogP contribution is 2.33. The van der Waals surface area contributed by atoms with Crippen LogP contribution in [0.3, 0.4) is 0 Å². The van der Waals surface area contributed by atoms with Crippen LogP contribution in [0.1, 0.15) is 22.0 Å². The number of amides is 1. The van der Waals surface area contributed by atoms with Crippen LogP contribution in [0.2, 0.25) is 0 Å². The first-order valence-corrected chi connectivity index (χ1v) is 8.97. The van der Waals surface area contributed by atoms with E-state index in [0.29, 0.717) is 11.4 Å². The van der Waals surface area contributed by atoms with Gasteiger partial charge < -0.3 is 20.5 Å². The molecule has 0 fully saturated rings. The number of hydrogen-bond acceptors (Lipinski definition) is 5. The maximum Gasteiger partial charge on any atom is 0.352 e. The van der Waals surface area contributed by atoms with Gasteiger partial charge in [-0.25, -0.2) is 13.9 Å². The molecule has 8 nitrogen and oxygen atoms in total. The van der Waals surface area contributed by atoms with E-state index in [0.717, 1.165) is 0 Å². The Balaban J connectivity index is 1.72. The third-order valence-corrected chi connectivity index (χ3v) is 4.66. The lowest BCUT2D eigenvalue weighted by Crippen LogP contribution is -2.26. The van der Waals surface area contributed by atoms with Crippen molar-refractivity contribution < 1.29 is 23.8 Å². The Kier molecular flexibility index (Phi) is 4.93. The highest BCUT2D eigenvalue weighted by atomic mass is 19.1. The van der Waals surface area contributed by atoms with Crippen LogP contribution in [-0.2, 0) is 4.79 Å². The Morgan fingerprint density at radius 3 is 2.77 bits per heavy atom. The number of anilines is 2. The number of fused-ring (bicyclic) bond motifs is 1. The van der Waals surface area contributed by atoms with Gasteiger partial charge in [0.25, 0.3) is 5.91 Å². The first-order valence-electron chi connectivity index (χ1n) is 8.97. The number of halogens is 1. The van der Waals surface area contributed by atoms with Crippen molar-refractivity contribution in [2.45, 2.75) is 6.04 Å². The zero-order valence-corrected chi connectivity index (χ0v) is 15.8. The first kappa shape index (κ1) is 19.2. The molecule has 0 radical (unpaired) electrons. The molecule has 152 valence electrons. The molecule has 9 heteroatoms. The summed E-state index contributed by atoms with van der Waals surface area (Å²) >= 11 is 0. The summed E-state index contributed by atoms with van der Waals surface area (Å²) < 4.78 is 20.9. The lowest BCUT2D eigenvalue weighted by Gasteiger charge is -2.24. The van der Waals surface area contributed by atoms with Crippen LogP contribution in [0.4, 0.5) is 15.9 Å². The minimum absolute atomic E-state index is 0.117. The molecule has 0 unspecified atom stereocenters. The molecule has 1 atom stereocenters. The summed E-state index contributed by atoms with van der Waals surface area (Å²) in [5.41, 5.74) is 0.675. The molecule has 1 amide bonds. The van der Waals surface area contributed by atoms with Gasteiger partial charge in [0.1, 0.15) is 34.7 Å². The van der Waals surface area contributed by atoms with Crippen molar-refractivity contribution in [2.24, 2.45) is 0 Å². The normalized spacial score (nSPS) is 14.9. The third-order valence-electron chi connectivity index (χ3n) is 4.66. The smallest absolute Gasteiger partial charge is 0.352 e. The SMILES string of the molecule is COc1cccc(NC(=O)c2cnn3c2NC(C(=O)O)=C[C@@H]3c2ccccc2F)c1. The fourth-order valence-electron chi connectivity index (χ4n) is 3.22. The van der Waals surface area contributed by atoms with Crippen molar-refractivity contribution in [3.05, 3.63) is 83.4 Å². The molecule has 1 aliphatic rings. The molecule has 3 aromatic rings. The summed E-state index contributed by atoms with van der Waals surface area (Å²) in [4.78, 5) is 24.5. The molecule has 0 saturated heterocycles. The van der Waals surface area contributed by atoms with Crippen LogP contribution in [0.15, 0.2) is 66.5 Å². The highest BCUT2D eigenvalue weighted by molar-refractivity contribution is 6.08. The summed E-state index contributed by atoms with van der Waals surface area (Å²) in [5.74, 6) is -1.52. The summed E-state index contributed by atoms with van der Waals surface area (Å²) in [7, 11) is 1.52. The van der Waals surface area contributed by atoms with Crippen molar-refractivity contribution in [1.82, 2.24) is 9.78 Å².